The average Bonchev–Trinajstić information content (AvgIpc) is 3.48. The molecule has 3 aromatic rings. The summed E-state index contributed by atoms with van der Waals surface area (Å²) in [6.45, 7) is 2.04. The Balaban J connectivity index is 1.51. The molecule has 7 nitrogen and oxygen atoms in total. The first kappa shape index (κ1) is 20.0. The highest BCUT2D eigenvalue weighted by atomic mass is 32.1. The van der Waals surface area contributed by atoms with Gasteiger partial charge in [-0.15, -0.1) is 11.3 Å². The fraction of sp³-hybridized carbons (Fsp3) is 0.238. The van der Waals surface area contributed by atoms with Crippen molar-refractivity contribution in [3.05, 3.63) is 65.2 Å². The van der Waals surface area contributed by atoms with Crippen LogP contribution in [0.2, 0.25) is 0 Å². The van der Waals surface area contributed by atoms with E-state index in [1.54, 1.807) is 34.7 Å². The number of H-pyrrole nitrogens is 1. The molecule has 1 saturated heterocycles. The van der Waals surface area contributed by atoms with Crippen LogP contribution >= 0.6 is 11.3 Å². The molecule has 0 spiro atoms. The Bertz CT molecular complexity index is 1080. The average molecular weight is 425 g/mol. The molecule has 1 N–H and O–H groups in total. The lowest BCUT2D eigenvalue weighted by atomic mass is 10.1. The summed E-state index contributed by atoms with van der Waals surface area (Å²) in [5.74, 6) is -0.964. The van der Waals surface area contributed by atoms with Crippen molar-refractivity contribution in [3.63, 3.8) is 0 Å². The Hall–Kier alpha value is -3.33. The van der Waals surface area contributed by atoms with Gasteiger partial charge in [-0.2, -0.15) is 5.10 Å². The van der Waals surface area contributed by atoms with Crippen LogP contribution in [0.1, 0.15) is 37.2 Å². The molecule has 3 heterocycles. The number of amides is 2. The SMILES string of the molecule is CC(=O)N(c1nc(/C=C/C(=O)N2CCCC2c2ccn[nH]2)cs1)c1ccccc1F. The summed E-state index contributed by atoms with van der Waals surface area (Å²) in [4.78, 5) is 32.3. The Kier molecular flexibility index (Phi) is 5.71. The zero-order valence-electron chi connectivity index (χ0n) is 16.3. The molecule has 2 amide bonds. The quantitative estimate of drug-likeness (QED) is 0.625. The number of aromatic amines is 1. The van der Waals surface area contributed by atoms with Crippen LogP contribution in [0, 0.1) is 5.82 Å². The van der Waals surface area contributed by atoms with Gasteiger partial charge < -0.3 is 4.90 Å². The third-order valence-electron chi connectivity index (χ3n) is 4.92. The van der Waals surface area contributed by atoms with Crippen LogP contribution in [0.4, 0.5) is 15.2 Å². The van der Waals surface area contributed by atoms with E-state index in [-0.39, 0.29) is 23.5 Å². The molecule has 0 bridgehead atoms. The van der Waals surface area contributed by atoms with Gasteiger partial charge in [-0.25, -0.2) is 9.37 Å². The van der Waals surface area contributed by atoms with Crippen LogP contribution in [-0.4, -0.2) is 38.4 Å². The number of hydrogen-bond donors (Lipinski definition) is 1. The fourth-order valence-corrected chi connectivity index (χ4v) is 4.40. The monoisotopic (exact) mass is 425 g/mol. The number of carbonyl (C=O) groups excluding carboxylic acids is 2. The zero-order valence-corrected chi connectivity index (χ0v) is 17.1. The van der Waals surface area contributed by atoms with E-state index in [0.717, 1.165) is 18.5 Å². The van der Waals surface area contributed by atoms with Gasteiger partial charge in [0.1, 0.15) is 5.82 Å². The van der Waals surface area contributed by atoms with Crippen molar-refractivity contribution in [3.8, 4) is 0 Å². The molecule has 1 atom stereocenters. The molecule has 1 aliphatic rings. The molecular weight excluding hydrogens is 405 g/mol. The second kappa shape index (κ2) is 8.58. The normalized spacial score (nSPS) is 16.3. The lowest BCUT2D eigenvalue weighted by Gasteiger charge is -2.22. The smallest absolute Gasteiger partial charge is 0.247 e. The minimum Gasteiger partial charge on any atom is -0.331 e. The molecule has 9 heteroatoms. The molecule has 1 unspecified atom stereocenters. The number of nitrogens with zero attached hydrogens (tertiary/aromatic N) is 4. The number of likely N-dealkylation sites (tertiary alicyclic amines) is 1. The number of para-hydroxylation sites is 1. The van der Waals surface area contributed by atoms with Crippen LogP contribution in [0.25, 0.3) is 6.08 Å². The first-order valence-corrected chi connectivity index (χ1v) is 10.4. The van der Waals surface area contributed by atoms with Crippen LogP contribution in [0.5, 0.6) is 0 Å². The van der Waals surface area contributed by atoms with Gasteiger partial charge in [0.2, 0.25) is 11.8 Å². The van der Waals surface area contributed by atoms with Gasteiger partial charge in [-0.1, -0.05) is 12.1 Å². The van der Waals surface area contributed by atoms with Crippen LogP contribution in [-0.2, 0) is 9.59 Å². The highest BCUT2D eigenvalue weighted by molar-refractivity contribution is 7.14. The molecule has 1 fully saturated rings. The number of rotatable bonds is 5. The highest BCUT2D eigenvalue weighted by Gasteiger charge is 2.29. The Labute approximate surface area is 176 Å². The minimum atomic E-state index is -0.506. The van der Waals surface area contributed by atoms with E-state index in [1.807, 2.05) is 6.07 Å². The van der Waals surface area contributed by atoms with Crippen molar-refractivity contribution >= 4 is 40.0 Å². The summed E-state index contributed by atoms with van der Waals surface area (Å²) in [5, 5.41) is 8.98. The number of thiazole rings is 1. The van der Waals surface area contributed by atoms with Crippen molar-refractivity contribution in [2.45, 2.75) is 25.8 Å². The molecule has 0 saturated carbocycles. The van der Waals surface area contributed by atoms with E-state index < -0.39 is 5.82 Å². The van der Waals surface area contributed by atoms with Gasteiger partial charge in [0.25, 0.3) is 0 Å². The van der Waals surface area contributed by atoms with Crippen LogP contribution in [0.15, 0.2) is 48.0 Å². The Morgan fingerprint density at radius 3 is 2.90 bits per heavy atom. The predicted octanol–water partition coefficient (Wildman–Crippen LogP) is 4.07. The molecule has 0 aliphatic carbocycles. The van der Waals surface area contributed by atoms with E-state index >= 15 is 0 Å². The van der Waals surface area contributed by atoms with E-state index in [4.69, 9.17) is 0 Å². The molecule has 1 aromatic carbocycles. The van der Waals surface area contributed by atoms with Gasteiger partial charge in [0, 0.05) is 31.1 Å². The fourth-order valence-electron chi connectivity index (χ4n) is 3.55. The maximum absolute atomic E-state index is 14.2. The summed E-state index contributed by atoms with van der Waals surface area (Å²) in [6.07, 6.45) is 6.59. The number of carbonyl (C=O) groups is 2. The van der Waals surface area contributed by atoms with Crippen LogP contribution in [0.3, 0.4) is 0 Å². The van der Waals surface area contributed by atoms with Crippen molar-refractivity contribution in [1.82, 2.24) is 20.1 Å². The number of aromatic nitrogens is 3. The van der Waals surface area contributed by atoms with Gasteiger partial charge >= 0.3 is 0 Å². The second-order valence-electron chi connectivity index (χ2n) is 6.90. The summed E-state index contributed by atoms with van der Waals surface area (Å²) in [7, 11) is 0. The zero-order chi connectivity index (χ0) is 21.1. The third kappa shape index (κ3) is 4.02. The number of halogens is 1. The third-order valence-corrected chi connectivity index (χ3v) is 5.77. The van der Waals surface area contributed by atoms with Crippen LogP contribution < -0.4 is 4.90 Å². The first-order valence-electron chi connectivity index (χ1n) is 9.53. The number of benzene rings is 1. The standard InChI is InChI=1S/C21H20FN5O2S/c1-14(28)27(18-6-3-2-5-16(18)22)21-24-15(13-30-21)8-9-20(29)26-12-4-7-19(26)17-10-11-23-25-17/h2-3,5-6,8-11,13,19H,4,7,12H2,1H3,(H,23,25)/b9-8+. The molecular formula is C21H20FN5O2S. The predicted molar refractivity (Wildman–Crippen MR) is 113 cm³/mol. The molecule has 1 aliphatic heterocycles. The molecule has 4 rings (SSSR count). The summed E-state index contributed by atoms with van der Waals surface area (Å²) >= 11 is 1.21. The lowest BCUT2D eigenvalue weighted by Crippen LogP contribution is -2.29. The largest absolute Gasteiger partial charge is 0.331 e. The maximum Gasteiger partial charge on any atom is 0.247 e. The Morgan fingerprint density at radius 2 is 2.17 bits per heavy atom. The number of nitrogens with one attached hydrogen (secondary N) is 1. The van der Waals surface area contributed by atoms with Crippen molar-refractivity contribution < 1.29 is 14.0 Å². The number of anilines is 2. The summed E-state index contributed by atoms with van der Waals surface area (Å²) in [5.41, 5.74) is 1.60. The van der Waals surface area contributed by atoms with Gasteiger partial charge in [-0.3, -0.25) is 19.6 Å². The van der Waals surface area contributed by atoms with Crippen molar-refractivity contribution in [2.75, 3.05) is 11.4 Å². The molecule has 0 radical (unpaired) electrons. The van der Waals surface area contributed by atoms with Gasteiger partial charge in [-0.05, 0) is 37.1 Å². The van der Waals surface area contributed by atoms with E-state index in [1.165, 1.54) is 41.4 Å². The summed E-state index contributed by atoms with van der Waals surface area (Å²) < 4.78 is 14.2. The molecule has 30 heavy (non-hydrogen) atoms. The Morgan fingerprint density at radius 1 is 1.33 bits per heavy atom. The van der Waals surface area contributed by atoms with Gasteiger partial charge in [0.15, 0.2) is 5.13 Å². The first-order chi connectivity index (χ1) is 14.5. The summed E-state index contributed by atoms with van der Waals surface area (Å²) in [6, 6.07) is 7.92. The maximum atomic E-state index is 14.2. The topological polar surface area (TPSA) is 82.2 Å². The number of hydrogen-bond acceptors (Lipinski definition) is 5. The van der Waals surface area contributed by atoms with Crippen molar-refractivity contribution in [1.29, 1.82) is 0 Å². The van der Waals surface area contributed by atoms with Crippen molar-refractivity contribution in [2.24, 2.45) is 0 Å². The second-order valence-corrected chi connectivity index (χ2v) is 7.73. The van der Waals surface area contributed by atoms with E-state index in [2.05, 4.69) is 15.2 Å². The lowest BCUT2D eigenvalue weighted by molar-refractivity contribution is -0.127. The van der Waals surface area contributed by atoms with E-state index in [0.29, 0.717) is 17.4 Å². The molecule has 2 aromatic heterocycles. The van der Waals surface area contributed by atoms with E-state index in [9.17, 15) is 14.0 Å². The van der Waals surface area contributed by atoms with Gasteiger partial charge in [0.05, 0.1) is 23.1 Å². The minimum absolute atomic E-state index is 0.00935. The highest BCUT2D eigenvalue weighted by Crippen LogP contribution is 2.32. The molecule has 154 valence electrons.